The molecule has 0 aliphatic carbocycles. The Morgan fingerprint density at radius 3 is 2.71 bits per heavy atom. The lowest BCUT2D eigenvalue weighted by atomic mass is 10.3. The highest BCUT2D eigenvalue weighted by Crippen LogP contribution is 2.17. The summed E-state index contributed by atoms with van der Waals surface area (Å²) in [6.45, 7) is 0.694. The third-order valence-corrected chi connectivity index (χ3v) is 5.38. The quantitative estimate of drug-likeness (QED) is 0.676. The van der Waals surface area contributed by atoms with Crippen LogP contribution in [-0.2, 0) is 16.6 Å². The van der Waals surface area contributed by atoms with Gasteiger partial charge in [0.15, 0.2) is 0 Å². The molecule has 0 atom stereocenters. The fourth-order valence-electron chi connectivity index (χ4n) is 2.18. The van der Waals surface area contributed by atoms with Gasteiger partial charge in [-0.3, -0.25) is 4.68 Å². The topological polar surface area (TPSA) is 73.0 Å². The molecule has 0 amide bonds. The average Bonchev–Trinajstić information content (AvgIpc) is 3.24. The van der Waals surface area contributed by atoms with E-state index in [9.17, 15) is 12.8 Å². The Balaban J connectivity index is 1.79. The first-order chi connectivity index (χ1) is 11.5. The lowest BCUT2D eigenvalue weighted by Crippen LogP contribution is -2.30. The summed E-state index contributed by atoms with van der Waals surface area (Å²) < 4.78 is 43.0. The molecule has 0 radical (unpaired) electrons. The first-order valence-corrected chi connectivity index (χ1v) is 8.66. The number of rotatable bonds is 6. The Morgan fingerprint density at radius 1 is 1.21 bits per heavy atom. The van der Waals surface area contributed by atoms with Crippen LogP contribution in [0.3, 0.4) is 0 Å². The Bertz CT molecular complexity index is 921. The van der Waals surface area contributed by atoms with E-state index in [2.05, 4.69) is 10.2 Å². The summed E-state index contributed by atoms with van der Waals surface area (Å²) in [6.07, 6.45) is 5.91. The zero-order valence-electron chi connectivity index (χ0n) is 12.9. The molecule has 2 heterocycles. The Morgan fingerprint density at radius 2 is 2.00 bits per heavy atom. The van der Waals surface area contributed by atoms with Crippen LogP contribution in [0.5, 0.6) is 0 Å². The van der Waals surface area contributed by atoms with Crippen molar-refractivity contribution in [2.45, 2.75) is 11.4 Å². The first kappa shape index (κ1) is 16.3. The molecule has 0 unspecified atom stereocenters. The predicted octanol–water partition coefficient (Wildman–Crippen LogP) is 1.53. The molecule has 3 rings (SSSR count). The molecule has 1 aromatic carbocycles. The summed E-state index contributed by atoms with van der Waals surface area (Å²) in [5.41, 5.74) is 0.193. The summed E-state index contributed by atoms with van der Waals surface area (Å²) in [5, 5.41) is 7.99. The molecular weight excluding hydrogens is 333 g/mol. The van der Waals surface area contributed by atoms with Gasteiger partial charge in [0.2, 0.25) is 10.0 Å². The Labute approximate surface area is 139 Å². The van der Waals surface area contributed by atoms with Gasteiger partial charge in [0.25, 0.3) is 0 Å². The van der Waals surface area contributed by atoms with Crippen molar-refractivity contribution in [1.29, 1.82) is 0 Å². The van der Waals surface area contributed by atoms with Gasteiger partial charge in [-0.05, 0) is 18.2 Å². The van der Waals surface area contributed by atoms with Crippen molar-refractivity contribution in [3.05, 3.63) is 60.9 Å². The van der Waals surface area contributed by atoms with Crippen LogP contribution in [0.2, 0.25) is 0 Å². The van der Waals surface area contributed by atoms with Crippen LogP contribution in [0.1, 0.15) is 0 Å². The third kappa shape index (κ3) is 3.22. The lowest BCUT2D eigenvalue weighted by molar-refractivity contribution is 0.433. The molecule has 126 valence electrons. The Kier molecular flexibility index (Phi) is 4.45. The number of benzene rings is 1. The van der Waals surface area contributed by atoms with Crippen molar-refractivity contribution in [3.8, 4) is 5.69 Å². The van der Waals surface area contributed by atoms with Crippen molar-refractivity contribution < 1.29 is 12.8 Å². The maximum atomic E-state index is 13.8. The van der Waals surface area contributed by atoms with E-state index < -0.39 is 15.8 Å². The zero-order chi connectivity index (χ0) is 17.2. The number of nitrogens with zero attached hydrogens (tertiary/aromatic N) is 5. The molecular formula is C15H16FN5O2S. The fraction of sp³-hybridized carbons (Fsp3) is 0.200. The van der Waals surface area contributed by atoms with Gasteiger partial charge in [-0.15, -0.1) is 0 Å². The molecule has 7 nitrogen and oxygen atoms in total. The second-order valence-electron chi connectivity index (χ2n) is 5.17. The van der Waals surface area contributed by atoms with E-state index in [4.69, 9.17) is 0 Å². The second kappa shape index (κ2) is 6.54. The first-order valence-electron chi connectivity index (χ1n) is 7.22. The van der Waals surface area contributed by atoms with E-state index in [0.29, 0.717) is 6.54 Å². The fourth-order valence-corrected chi connectivity index (χ4v) is 3.28. The van der Waals surface area contributed by atoms with Gasteiger partial charge in [0.1, 0.15) is 16.4 Å². The molecule has 0 aliphatic rings. The largest absolute Gasteiger partial charge is 0.271 e. The van der Waals surface area contributed by atoms with E-state index in [-0.39, 0.29) is 17.1 Å². The molecule has 0 spiro atoms. The highest BCUT2D eigenvalue weighted by Gasteiger charge is 2.23. The van der Waals surface area contributed by atoms with Crippen molar-refractivity contribution in [1.82, 2.24) is 23.9 Å². The van der Waals surface area contributed by atoms with Gasteiger partial charge in [0.05, 0.1) is 18.9 Å². The number of hydrogen-bond donors (Lipinski definition) is 0. The van der Waals surface area contributed by atoms with Crippen LogP contribution in [0.25, 0.3) is 5.69 Å². The summed E-state index contributed by atoms with van der Waals surface area (Å²) in [7, 11) is -2.22. The second-order valence-corrected chi connectivity index (χ2v) is 7.21. The predicted molar refractivity (Wildman–Crippen MR) is 85.6 cm³/mol. The van der Waals surface area contributed by atoms with Crippen molar-refractivity contribution in [2.24, 2.45) is 0 Å². The monoisotopic (exact) mass is 349 g/mol. The minimum absolute atomic E-state index is 0.00807. The van der Waals surface area contributed by atoms with Gasteiger partial charge in [-0.1, -0.05) is 12.1 Å². The minimum Gasteiger partial charge on any atom is -0.271 e. The van der Waals surface area contributed by atoms with Gasteiger partial charge in [0, 0.05) is 26.0 Å². The maximum Gasteiger partial charge on any atom is 0.246 e. The summed E-state index contributed by atoms with van der Waals surface area (Å²) in [5.74, 6) is -0.475. The minimum atomic E-state index is -3.71. The number of sulfonamides is 1. The molecule has 0 bridgehead atoms. The van der Waals surface area contributed by atoms with Crippen molar-refractivity contribution >= 4 is 10.0 Å². The molecule has 24 heavy (non-hydrogen) atoms. The molecule has 0 aliphatic heterocycles. The van der Waals surface area contributed by atoms with Crippen molar-refractivity contribution in [3.63, 3.8) is 0 Å². The molecule has 0 saturated heterocycles. The summed E-state index contributed by atoms with van der Waals surface area (Å²) >= 11 is 0. The number of hydrogen-bond acceptors (Lipinski definition) is 4. The molecule has 0 N–H and O–H groups in total. The van der Waals surface area contributed by atoms with Crippen molar-refractivity contribution in [2.75, 3.05) is 13.6 Å². The normalized spacial score (nSPS) is 12.0. The van der Waals surface area contributed by atoms with E-state index in [1.807, 2.05) is 0 Å². The number of aromatic nitrogens is 4. The third-order valence-electron chi connectivity index (χ3n) is 3.57. The van der Waals surface area contributed by atoms with Crippen LogP contribution in [-0.4, -0.2) is 45.9 Å². The van der Waals surface area contributed by atoms with Crippen LogP contribution in [0, 0.1) is 5.82 Å². The van der Waals surface area contributed by atoms with Gasteiger partial charge < -0.3 is 0 Å². The standard InChI is InChI=1S/C15H16FN5O2S/c1-19(9-10-20-8-4-7-17-20)24(22,23)13-11-18-21(12-13)15-6-3-2-5-14(15)16/h2-8,11-12H,9-10H2,1H3. The van der Waals surface area contributed by atoms with Crippen LogP contribution in [0.15, 0.2) is 60.0 Å². The molecule has 9 heteroatoms. The van der Waals surface area contributed by atoms with Gasteiger partial charge in [-0.25, -0.2) is 17.5 Å². The van der Waals surface area contributed by atoms with Gasteiger partial charge in [-0.2, -0.15) is 14.5 Å². The molecule has 3 aromatic rings. The highest BCUT2D eigenvalue weighted by atomic mass is 32.2. The molecule has 0 saturated carbocycles. The van der Waals surface area contributed by atoms with E-state index in [0.717, 1.165) is 0 Å². The van der Waals surface area contributed by atoms with E-state index in [1.54, 1.807) is 35.3 Å². The average molecular weight is 349 g/mol. The van der Waals surface area contributed by atoms with Crippen LogP contribution in [0.4, 0.5) is 4.39 Å². The lowest BCUT2D eigenvalue weighted by Gasteiger charge is -2.15. The zero-order valence-corrected chi connectivity index (χ0v) is 13.8. The van der Waals surface area contributed by atoms with E-state index >= 15 is 0 Å². The van der Waals surface area contributed by atoms with Gasteiger partial charge >= 0.3 is 0 Å². The Hall–Kier alpha value is -2.52. The summed E-state index contributed by atoms with van der Waals surface area (Å²) in [4.78, 5) is 0.00807. The number of para-hydroxylation sites is 1. The summed E-state index contributed by atoms with van der Waals surface area (Å²) in [6, 6.07) is 7.81. The molecule has 2 aromatic heterocycles. The maximum absolute atomic E-state index is 13.8. The van der Waals surface area contributed by atoms with Crippen LogP contribution >= 0.6 is 0 Å². The van der Waals surface area contributed by atoms with E-state index in [1.165, 1.54) is 40.6 Å². The highest BCUT2D eigenvalue weighted by molar-refractivity contribution is 7.89. The SMILES string of the molecule is CN(CCn1cccn1)S(=O)(=O)c1cnn(-c2ccccc2F)c1. The van der Waals surface area contributed by atoms with Crippen LogP contribution < -0.4 is 0 Å². The number of halogens is 1. The molecule has 0 fully saturated rings. The smallest absolute Gasteiger partial charge is 0.246 e. The number of likely N-dealkylation sites (N-methyl/N-ethyl adjacent to an activating group) is 1.